The van der Waals surface area contributed by atoms with Gasteiger partial charge in [-0.2, -0.15) is 18.2 Å². The molecule has 1 aliphatic carbocycles. The van der Waals surface area contributed by atoms with E-state index in [0.717, 1.165) is 6.07 Å². The van der Waals surface area contributed by atoms with Crippen LogP contribution in [0.25, 0.3) is 0 Å². The van der Waals surface area contributed by atoms with Crippen LogP contribution in [0.1, 0.15) is 36.0 Å². The Labute approximate surface area is 165 Å². The van der Waals surface area contributed by atoms with Gasteiger partial charge in [0.05, 0.1) is 17.4 Å². The minimum Gasteiger partial charge on any atom is -0.475 e. The molecule has 1 aromatic heterocycles. The van der Waals surface area contributed by atoms with Crippen molar-refractivity contribution in [1.29, 1.82) is 0 Å². The predicted molar refractivity (Wildman–Crippen MR) is 97.1 cm³/mol. The maximum atomic E-state index is 12.8. The van der Waals surface area contributed by atoms with Gasteiger partial charge in [-0.05, 0) is 25.7 Å². The number of ether oxygens (including phenoxy) is 2. The summed E-state index contributed by atoms with van der Waals surface area (Å²) in [5.41, 5.74) is -0.581. The summed E-state index contributed by atoms with van der Waals surface area (Å²) in [4.78, 5) is 27.3. The molecule has 0 aromatic carbocycles. The van der Waals surface area contributed by atoms with Gasteiger partial charge in [0, 0.05) is 26.3 Å². The molecule has 162 valence electrons. The lowest BCUT2D eigenvalue weighted by Crippen LogP contribution is -2.40. The van der Waals surface area contributed by atoms with Gasteiger partial charge in [-0.1, -0.05) is 0 Å². The van der Waals surface area contributed by atoms with E-state index in [0.29, 0.717) is 0 Å². The van der Waals surface area contributed by atoms with Crippen LogP contribution in [0.15, 0.2) is 6.07 Å². The molecule has 1 aromatic rings. The number of pyridine rings is 1. The van der Waals surface area contributed by atoms with Crippen LogP contribution in [0, 0.1) is 16.0 Å². The number of methoxy groups -OCH3 is 1. The monoisotopic (exact) mass is 420 g/mol. The maximum Gasteiger partial charge on any atom is 0.391 e. The SMILES string of the molecule is CNc1nc(OCCOC)c(C(=O)NC2CCC(C(F)(F)F)CC2)cc1[N+](=O)[O-]. The van der Waals surface area contributed by atoms with Gasteiger partial charge in [-0.25, -0.2) is 0 Å². The summed E-state index contributed by atoms with van der Waals surface area (Å²) in [5, 5.41) is 16.5. The number of amides is 1. The molecule has 0 bridgehead atoms. The first-order valence-corrected chi connectivity index (χ1v) is 9.03. The Morgan fingerprint density at radius 3 is 2.48 bits per heavy atom. The molecule has 0 radical (unpaired) electrons. The first-order valence-electron chi connectivity index (χ1n) is 9.03. The molecule has 9 nitrogen and oxygen atoms in total. The molecule has 0 saturated heterocycles. The van der Waals surface area contributed by atoms with Crippen LogP contribution in [0.5, 0.6) is 5.88 Å². The highest BCUT2D eigenvalue weighted by Crippen LogP contribution is 2.37. The Kier molecular flexibility index (Phi) is 7.59. The first-order chi connectivity index (χ1) is 13.7. The van der Waals surface area contributed by atoms with Crippen LogP contribution < -0.4 is 15.4 Å². The van der Waals surface area contributed by atoms with Crippen LogP contribution in [-0.4, -0.2) is 55.4 Å². The zero-order chi connectivity index (χ0) is 21.6. The largest absolute Gasteiger partial charge is 0.475 e. The average molecular weight is 420 g/mol. The van der Waals surface area contributed by atoms with E-state index in [-0.39, 0.29) is 56.2 Å². The Balaban J connectivity index is 2.18. The minimum absolute atomic E-state index is 0.0570. The summed E-state index contributed by atoms with van der Waals surface area (Å²) < 4.78 is 48.7. The second kappa shape index (κ2) is 9.72. The molecule has 29 heavy (non-hydrogen) atoms. The summed E-state index contributed by atoms with van der Waals surface area (Å²) >= 11 is 0. The van der Waals surface area contributed by atoms with E-state index in [2.05, 4.69) is 15.6 Å². The van der Waals surface area contributed by atoms with E-state index in [1.54, 1.807) is 0 Å². The van der Waals surface area contributed by atoms with E-state index in [4.69, 9.17) is 9.47 Å². The number of carbonyl (C=O) groups excluding carboxylic acids is 1. The summed E-state index contributed by atoms with van der Waals surface area (Å²) in [6.45, 7) is 0.261. The van der Waals surface area contributed by atoms with Gasteiger partial charge in [-0.3, -0.25) is 14.9 Å². The van der Waals surface area contributed by atoms with Crippen LogP contribution in [0.2, 0.25) is 0 Å². The Morgan fingerprint density at radius 1 is 1.31 bits per heavy atom. The maximum absolute atomic E-state index is 12.8. The quantitative estimate of drug-likeness (QED) is 0.377. The zero-order valence-electron chi connectivity index (χ0n) is 16.0. The van der Waals surface area contributed by atoms with Gasteiger partial charge in [0.1, 0.15) is 12.2 Å². The Bertz CT molecular complexity index is 737. The van der Waals surface area contributed by atoms with Crippen molar-refractivity contribution >= 4 is 17.4 Å². The highest BCUT2D eigenvalue weighted by Gasteiger charge is 2.41. The summed E-state index contributed by atoms with van der Waals surface area (Å²) in [7, 11) is 2.89. The van der Waals surface area contributed by atoms with E-state index in [1.807, 2.05) is 0 Å². The molecular weight excluding hydrogens is 397 g/mol. The topological polar surface area (TPSA) is 116 Å². The number of nitrogens with one attached hydrogen (secondary N) is 2. The fourth-order valence-electron chi connectivity index (χ4n) is 3.13. The third-order valence-corrected chi connectivity index (χ3v) is 4.70. The van der Waals surface area contributed by atoms with Crippen molar-refractivity contribution in [3.8, 4) is 5.88 Å². The molecule has 1 heterocycles. The van der Waals surface area contributed by atoms with E-state index in [1.165, 1.54) is 14.2 Å². The second-order valence-corrected chi connectivity index (χ2v) is 6.62. The molecule has 1 aliphatic rings. The third-order valence-electron chi connectivity index (χ3n) is 4.70. The molecule has 1 amide bonds. The Morgan fingerprint density at radius 2 is 1.97 bits per heavy atom. The van der Waals surface area contributed by atoms with Gasteiger partial charge in [-0.15, -0.1) is 0 Å². The van der Waals surface area contributed by atoms with Crippen molar-refractivity contribution in [2.24, 2.45) is 5.92 Å². The lowest BCUT2D eigenvalue weighted by molar-refractivity contribution is -0.384. The fraction of sp³-hybridized carbons (Fsp3) is 0.647. The standard InChI is InChI=1S/C17H23F3N4O5/c1-21-14-13(24(26)27)9-12(16(23-14)29-8-7-28-2)15(25)22-11-5-3-10(4-6-11)17(18,19)20/h9-11H,3-8H2,1-2H3,(H,21,23)(H,22,25). The summed E-state index contributed by atoms with van der Waals surface area (Å²) in [6, 6.07) is 0.577. The van der Waals surface area contributed by atoms with Gasteiger partial charge in [0.2, 0.25) is 11.7 Å². The lowest BCUT2D eigenvalue weighted by Gasteiger charge is -2.30. The number of aromatic nitrogens is 1. The Hall–Kier alpha value is -2.63. The van der Waals surface area contributed by atoms with Gasteiger partial charge in [0.15, 0.2) is 0 Å². The van der Waals surface area contributed by atoms with Crippen molar-refractivity contribution < 1.29 is 32.4 Å². The average Bonchev–Trinajstić information content (AvgIpc) is 2.67. The van der Waals surface area contributed by atoms with Crippen LogP contribution in [-0.2, 0) is 4.74 Å². The van der Waals surface area contributed by atoms with E-state index >= 15 is 0 Å². The van der Waals surface area contributed by atoms with Crippen LogP contribution >= 0.6 is 0 Å². The number of hydrogen-bond acceptors (Lipinski definition) is 7. The second-order valence-electron chi connectivity index (χ2n) is 6.62. The number of nitro groups is 1. The molecular formula is C17H23F3N4O5. The number of halogens is 3. The molecule has 1 fully saturated rings. The third kappa shape index (κ3) is 5.92. The molecule has 0 unspecified atom stereocenters. The summed E-state index contributed by atoms with van der Waals surface area (Å²) in [6.07, 6.45) is -4.07. The number of nitrogens with zero attached hydrogens (tertiary/aromatic N) is 2. The smallest absolute Gasteiger partial charge is 0.391 e. The van der Waals surface area contributed by atoms with Crippen molar-refractivity contribution in [1.82, 2.24) is 10.3 Å². The van der Waals surface area contributed by atoms with Crippen molar-refractivity contribution in [2.45, 2.75) is 37.9 Å². The molecule has 0 spiro atoms. The summed E-state index contributed by atoms with van der Waals surface area (Å²) in [5.74, 6) is -2.27. The molecule has 0 atom stereocenters. The first kappa shape index (κ1) is 22.7. The number of rotatable bonds is 8. The minimum atomic E-state index is -4.25. The van der Waals surface area contributed by atoms with Crippen molar-refractivity contribution in [3.05, 3.63) is 21.7 Å². The van der Waals surface area contributed by atoms with Crippen molar-refractivity contribution in [2.75, 3.05) is 32.7 Å². The lowest BCUT2D eigenvalue weighted by atomic mass is 9.85. The molecule has 12 heteroatoms. The van der Waals surface area contributed by atoms with Gasteiger partial charge < -0.3 is 20.1 Å². The predicted octanol–water partition coefficient (Wildman–Crippen LogP) is 2.91. The normalized spacial score (nSPS) is 19.5. The molecule has 1 saturated carbocycles. The molecule has 0 aliphatic heterocycles. The fourth-order valence-corrected chi connectivity index (χ4v) is 3.13. The van der Waals surface area contributed by atoms with Crippen LogP contribution in [0.3, 0.4) is 0 Å². The number of hydrogen-bond donors (Lipinski definition) is 2. The zero-order valence-corrected chi connectivity index (χ0v) is 16.0. The number of carbonyl (C=O) groups is 1. The molecule has 2 rings (SSSR count). The molecule has 2 N–H and O–H groups in total. The highest BCUT2D eigenvalue weighted by molar-refractivity contribution is 5.97. The van der Waals surface area contributed by atoms with E-state index < -0.39 is 34.7 Å². The van der Waals surface area contributed by atoms with Crippen molar-refractivity contribution in [3.63, 3.8) is 0 Å². The number of alkyl halides is 3. The van der Waals surface area contributed by atoms with E-state index in [9.17, 15) is 28.1 Å². The van der Waals surface area contributed by atoms with Gasteiger partial charge in [0.25, 0.3) is 5.91 Å². The van der Waals surface area contributed by atoms with Crippen LogP contribution in [0.4, 0.5) is 24.7 Å². The number of anilines is 1. The highest BCUT2D eigenvalue weighted by atomic mass is 19.4. The van der Waals surface area contributed by atoms with Gasteiger partial charge >= 0.3 is 11.9 Å².